The standard InChI is InChI=1S/C26H36FN5O11/c27-9-1-2-19-17-32(31-29-19)10-11-40-12-13-41-14-15-42-20-5-3-18(4-6-20)16-22(25(37)38)43-30-26(39)28-21(24(35)36)7-8-23(33)34/h3-6,17,21-22H,1-2,7-16H2,(H,33,34)(H,35,36)(H,37,38)(H2,28,30,39)/t21-,22-/m0/s1. The number of nitrogens with zero attached hydrogens (tertiary/aromatic N) is 3. The van der Waals surface area contributed by atoms with Gasteiger partial charge in [0.1, 0.15) is 18.4 Å². The normalized spacial score (nSPS) is 12.3. The summed E-state index contributed by atoms with van der Waals surface area (Å²) < 4.78 is 30.4. The second-order valence-corrected chi connectivity index (χ2v) is 9.03. The number of aliphatic carboxylic acids is 3. The van der Waals surface area contributed by atoms with Gasteiger partial charge in [0.2, 0.25) is 0 Å². The molecule has 2 atom stereocenters. The van der Waals surface area contributed by atoms with E-state index < -0.39 is 42.5 Å². The second-order valence-electron chi connectivity index (χ2n) is 9.03. The van der Waals surface area contributed by atoms with Gasteiger partial charge in [-0.3, -0.25) is 14.0 Å². The van der Waals surface area contributed by atoms with E-state index in [0.29, 0.717) is 57.1 Å². The Bertz CT molecular complexity index is 1150. The molecule has 0 bridgehead atoms. The maximum Gasteiger partial charge on any atom is 0.339 e. The van der Waals surface area contributed by atoms with Crippen LogP contribution in [0.3, 0.4) is 0 Å². The fourth-order valence-corrected chi connectivity index (χ4v) is 3.46. The lowest BCUT2D eigenvalue weighted by Gasteiger charge is -2.17. The van der Waals surface area contributed by atoms with Gasteiger partial charge in [0.05, 0.1) is 45.3 Å². The molecule has 5 N–H and O–H groups in total. The maximum absolute atomic E-state index is 12.2. The van der Waals surface area contributed by atoms with Crippen molar-refractivity contribution in [3.05, 3.63) is 41.7 Å². The number of carboxylic acid groups (broad SMARTS) is 3. The highest BCUT2D eigenvalue weighted by Gasteiger charge is 2.24. The Kier molecular flexibility index (Phi) is 16.0. The number of aryl methyl sites for hydroxylation is 1. The minimum Gasteiger partial charge on any atom is -0.491 e. The van der Waals surface area contributed by atoms with E-state index in [1.165, 1.54) is 0 Å². The number of alkyl halides is 1. The Morgan fingerprint density at radius 1 is 0.953 bits per heavy atom. The van der Waals surface area contributed by atoms with Crippen molar-refractivity contribution < 1.29 is 57.9 Å². The van der Waals surface area contributed by atoms with E-state index >= 15 is 0 Å². The summed E-state index contributed by atoms with van der Waals surface area (Å²) in [6.45, 7) is 1.89. The van der Waals surface area contributed by atoms with Crippen LogP contribution in [0.1, 0.15) is 30.5 Å². The first-order valence-corrected chi connectivity index (χ1v) is 13.4. The summed E-state index contributed by atoms with van der Waals surface area (Å²) >= 11 is 0. The Morgan fingerprint density at radius 3 is 2.30 bits per heavy atom. The SMILES string of the molecule is O=C(O)CC[C@H](NC(=O)NO[C@@H](Cc1ccc(OCCOCCOCCn2cc(CCCF)nn2)cc1)C(=O)O)C(=O)O. The Labute approximate surface area is 246 Å². The van der Waals surface area contributed by atoms with Crippen LogP contribution in [0.15, 0.2) is 30.5 Å². The average molecular weight is 614 g/mol. The number of halogens is 1. The molecular formula is C26H36FN5O11. The number of rotatable bonds is 23. The van der Waals surface area contributed by atoms with Crippen LogP contribution < -0.4 is 15.5 Å². The number of amides is 2. The summed E-state index contributed by atoms with van der Waals surface area (Å²) in [5.74, 6) is -3.54. The average Bonchev–Trinajstić information content (AvgIpc) is 3.43. The Balaban J connectivity index is 1.61. The lowest BCUT2D eigenvalue weighted by molar-refractivity contribution is -0.154. The lowest BCUT2D eigenvalue weighted by atomic mass is 10.1. The number of ether oxygens (including phenoxy) is 3. The van der Waals surface area contributed by atoms with Crippen molar-refractivity contribution in [3.8, 4) is 5.75 Å². The molecule has 43 heavy (non-hydrogen) atoms. The molecule has 238 valence electrons. The quantitative estimate of drug-likeness (QED) is 0.0867. The van der Waals surface area contributed by atoms with Gasteiger partial charge in [-0.05, 0) is 37.0 Å². The first-order valence-electron chi connectivity index (χ1n) is 13.4. The smallest absolute Gasteiger partial charge is 0.339 e. The molecule has 0 aliphatic heterocycles. The highest BCUT2D eigenvalue weighted by atomic mass is 19.1. The number of hydrogen-bond donors (Lipinski definition) is 5. The zero-order valence-electron chi connectivity index (χ0n) is 23.4. The topological polar surface area (TPSA) is 221 Å². The van der Waals surface area contributed by atoms with Gasteiger partial charge in [0.25, 0.3) is 0 Å². The van der Waals surface area contributed by atoms with E-state index in [1.807, 2.05) is 10.8 Å². The monoisotopic (exact) mass is 613 g/mol. The molecule has 0 saturated heterocycles. The molecule has 0 unspecified atom stereocenters. The van der Waals surface area contributed by atoms with Crippen molar-refractivity contribution in [3.63, 3.8) is 0 Å². The molecule has 0 radical (unpaired) electrons. The van der Waals surface area contributed by atoms with Crippen molar-refractivity contribution in [1.82, 2.24) is 25.8 Å². The van der Waals surface area contributed by atoms with Gasteiger partial charge < -0.3 is 34.8 Å². The number of carbonyl (C=O) groups excluding carboxylic acids is 1. The highest BCUT2D eigenvalue weighted by molar-refractivity contribution is 5.82. The van der Waals surface area contributed by atoms with Crippen molar-refractivity contribution in [2.45, 2.75) is 50.8 Å². The van der Waals surface area contributed by atoms with Crippen LogP contribution >= 0.6 is 0 Å². The third-order valence-electron chi connectivity index (χ3n) is 5.65. The third-order valence-corrected chi connectivity index (χ3v) is 5.65. The first-order chi connectivity index (χ1) is 20.7. The molecule has 16 nitrogen and oxygen atoms in total. The molecule has 1 aromatic carbocycles. The summed E-state index contributed by atoms with van der Waals surface area (Å²) in [6, 6.07) is 3.87. The van der Waals surface area contributed by atoms with Gasteiger partial charge in [0.15, 0.2) is 6.10 Å². The molecule has 0 spiro atoms. The number of benzene rings is 1. The van der Waals surface area contributed by atoms with E-state index in [-0.39, 0.29) is 26.1 Å². The Hall–Kier alpha value is -4.35. The molecule has 17 heteroatoms. The summed E-state index contributed by atoms with van der Waals surface area (Å²) in [7, 11) is 0. The molecule has 2 aromatic rings. The minimum atomic E-state index is -1.50. The van der Waals surface area contributed by atoms with E-state index in [9.17, 15) is 28.7 Å². The third kappa shape index (κ3) is 14.9. The van der Waals surface area contributed by atoms with Crippen LogP contribution in [0.4, 0.5) is 9.18 Å². The molecular weight excluding hydrogens is 577 g/mol. The number of carbonyl (C=O) groups is 4. The number of hydroxylamine groups is 1. The fraction of sp³-hybridized carbons (Fsp3) is 0.538. The molecule has 0 aliphatic carbocycles. The summed E-state index contributed by atoms with van der Waals surface area (Å²) in [4.78, 5) is 50.2. The van der Waals surface area contributed by atoms with Crippen LogP contribution in [-0.2, 0) is 48.1 Å². The molecule has 1 heterocycles. The highest BCUT2D eigenvalue weighted by Crippen LogP contribution is 2.14. The lowest BCUT2D eigenvalue weighted by Crippen LogP contribution is -2.48. The molecule has 0 aliphatic rings. The summed E-state index contributed by atoms with van der Waals surface area (Å²) in [6.07, 6.45) is 0.271. The van der Waals surface area contributed by atoms with E-state index in [2.05, 4.69) is 10.3 Å². The van der Waals surface area contributed by atoms with Crippen LogP contribution in [0.2, 0.25) is 0 Å². The Morgan fingerprint density at radius 2 is 1.65 bits per heavy atom. The van der Waals surface area contributed by atoms with Gasteiger partial charge in [-0.15, -0.1) is 5.10 Å². The van der Waals surface area contributed by atoms with Crippen molar-refractivity contribution in [2.75, 3.05) is 39.7 Å². The molecule has 2 rings (SSSR count). The van der Waals surface area contributed by atoms with Gasteiger partial charge in [-0.1, -0.05) is 17.3 Å². The fourth-order valence-electron chi connectivity index (χ4n) is 3.46. The molecule has 0 saturated carbocycles. The van der Waals surface area contributed by atoms with Crippen LogP contribution in [0, 0.1) is 0 Å². The largest absolute Gasteiger partial charge is 0.491 e. The zero-order valence-corrected chi connectivity index (χ0v) is 23.4. The predicted molar refractivity (Wildman–Crippen MR) is 144 cm³/mol. The number of aromatic nitrogens is 3. The van der Waals surface area contributed by atoms with Crippen molar-refractivity contribution >= 4 is 23.9 Å². The molecule has 0 fully saturated rings. The first kappa shape index (κ1) is 34.8. The van der Waals surface area contributed by atoms with Crippen LogP contribution in [-0.4, -0.2) is 106 Å². The number of carboxylic acids is 3. The minimum absolute atomic E-state index is 0.127. The van der Waals surface area contributed by atoms with Crippen LogP contribution in [0.5, 0.6) is 5.75 Å². The van der Waals surface area contributed by atoms with Gasteiger partial charge in [-0.25, -0.2) is 24.5 Å². The molecule has 2 amide bonds. The number of nitrogens with one attached hydrogen (secondary N) is 2. The van der Waals surface area contributed by atoms with E-state index in [4.69, 9.17) is 29.3 Å². The summed E-state index contributed by atoms with van der Waals surface area (Å²) in [5.41, 5.74) is 3.14. The van der Waals surface area contributed by atoms with Gasteiger partial charge in [-0.2, -0.15) is 0 Å². The number of urea groups is 1. The second kappa shape index (κ2) is 19.7. The predicted octanol–water partition coefficient (Wildman–Crippen LogP) is 0.837. The van der Waals surface area contributed by atoms with E-state index in [1.54, 1.807) is 35.1 Å². The maximum atomic E-state index is 12.2. The van der Waals surface area contributed by atoms with Crippen LogP contribution in [0.25, 0.3) is 0 Å². The summed E-state index contributed by atoms with van der Waals surface area (Å²) in [5, 5.41) is 37.1. The number of hydrogen-bond acceptors (Lipinski definition) is 10. The van der Waals surface area contributed by atoms with E-state index in [0.717, 1.165) is 5.69 Å². The van der Waals surface area contributed by atoms with Crippen molar-refractivity contribution in [2.24, 2.45) is 0 Å². The van der Waals surface area contributed by atoms with Gasteiger partial charge in [0, 0.05) is 19.0 Å². The van der Waals surface area contributed by atoms with Gasteiger partial charge >= 0.3 is 23.9 Å². The molecule has 1 aromatic heterocycles. The van der Waals surface area contributed by atoms with Crippen molar-refractivity contribution in [1.29, 1.82) is 0 Å². The zero-order chi connectivity index (χ0) is 31.5.